The molecule has 1 aromatic heterocycles. The normalized spacial score (nSPS) is 12.1. The van der Waals surface area contributed by atoms with Crippen LogP contribution in [-0.4, -0.2) is 22.3 Å². The number of para-hydroxylation sites is 1. The van der Waals surface area contributed by atoms with Crippen molar-refractivity contribution in [3.63, 3.8) is 0 Å². The van der Waals surface area contributed by atoms with Crippen LogP contribution in [0.2, 0.25) is 0 Å². The van der Waals surface area contributed by atoms with Crippen molar-refractivity contribution in [2.75, 3.05) is 0 Å². The van der Waals surface area contributed by atoms with Gasteiger partial charge in [0.2, 0.25) is 0 Å². The molecule has 8 heteroatoms. The van der Waals surface area contributed by atoms with Crippen molar-refractivity contribution in [1.29, 1.82) is 0 Å². The van der Waals surface area contributed by atoms with Gasteiger partial charge in [0.1, 0.15) is 11.6 Å². The molecule has 2 aromatic carbocycles. The number of benzene rings is 2. The summed E-state index contributed by atoms with van der Waals surface area (Å²) in [7, 11) is 0. The average molecular weight is 403 g/mol. The van der Waals surface area contributed by atoms with Crippen LogP contribution in [-0.2, 0) is 0 Å². The predicted octanol–water partition coefficient (Wildman–Crippen LogP) is 4.80. The van der Waals surface area contributed by atoms with Gasteiger partial charge in [-0.25, -0.2) is 9.07 Å². The Morgan fingerprint density at radius 3 is 2.52 bits per heavy atom. The average Bonchev–Trinajstić information content (AvgIpc) is 3.08. The Kier molecular flexibility index (Phi) is 6.21. The molecule has 5 nitrogen and oxygen atoms in total. The highest BCUT2D eigenvalue weighted by molar-refractivity contribution is 5.95. The molecule has 1 N–H and O–H groups in total. The van der Waals surface area contributed by atoms with Gasteiger partial charge in [0, 0.05) is 5.56 Å². The molecule has 3 aromatic rings. The molecule has 0 saturated carbocycles. The monoisotopic (exact) mass is 403 g/mol. The fraction of sp³-hybridized carbons (Fsp3) is 0.238. The van der Waals surface area contributed by atoms with E-state index in [2.05, 4.69) is 15.2 Å². The van der Waals surface area contributed by atoms with Crippen LogP contribution in [0.15, 0.2) is 54.7 Å². The first-order valence-corrected chi connectivity index (χ1v) is 9.05. The molecule has 1 atom stereocenters. The van der Waals surface area contributed by atoms with E-state index in [0.717, 1.165) is 0 Å². The predicted molar refractivity (Wildman–Crippen MR) is 102 cm³/mol. The number of amides is 1. The lowest BCUT2D eigenvalue weighted by molar-refractivity contribution is -0.0506. The maximum Gasteiger partial charge on any atom is 0.387 e. The molecule has 0 saturated heterocycles. The van der Waals surface area contributed by atoms with Gasteiger partial charge in [0.25, 0.3) is 5.91 Å². The van der Waals surface area contributed by atoms with Gasteiger partial charge < -0.3 is 10.1 Å². The minimum absolute atomic E-state index is 0.0216. The fourth-order valence-electron chi connectivity index (χ4n) is 3.08. The Bertz CT molecular complexity index is 987. The van der Waals surface area contributed by atoms with E-state index >= 15 is 0 Å². The Hall–Kier alpha value is -3.29. The van der Waals surface area contributed by atoms with Gasteiger partial charge in [-0.15, -0.1) is 0 Å². The van der Waals surface area contributed by atoms with Gasteiger partial charge in [-0.1, -0.05) is 25.1 Å². The van der Waals surface area contributed by atoms with Crippen LogP contribution < -0.4 is 10.1 Å². The van der Waals surface area contributed by atoms with Crippen molar-refractivity contribution in [3.05, 3.63) is 77.4 Å². The van der Waals surface area contributed by atoms with Crippen LogP contribution in [0.1, 0.15) is 41.0 Å². The first kappa shape index (κ1) is 20.4. The maximum atomic E-state index is 13.1. The zero-order chi connectivity index (χ0) is 21.0. The summed E-state index contributed by atoms with van der Waals surface area (Å²) in [6.45, 7) is 0.597. The number of ether oxygens (including phenoxy) is 1. The number of aromatic nitrogens is 2. The number of carbonyl (C=O) groups excluding carboxylic acids is 1. The largest absolute Gasteiger partial charge is 0.434 e. The second-order valence-electron chi connectivity index (χ2n) is 6.38. The minimum Gasteiger partial charge on any atom is -0.434 e. The number of hydrogen-bond acceptors (Lipinski definition) is 3. The first-order chi connectivity index (χ1) is 13.9. The quantitative estimate of drug-likeness (QED) is 0.616. The van der Waals surface area contributed by atoms with Crippen molar-refractivity contribution in [2.45, 2.75) is 32.9 Å². The van der Waals surface area contributed by atoms with E-state index in [9.17, 15) is 18.0 Å². The lowest BCUT2D eigenvalue weighted by Gasteiger charge is -2.20. The van der Waals surface area contributed by atoms with E-state index in [1.165, 1.54) is 29.1 Å². The van der Waals surface area contributed by atoms with Gasteiger partial charge in [-0.05, 0) is 43.7 Å². The van der Waals surface area contributed by atoms with E-state index in [-0.39, 0.29) is 11.6 Å². The number of nitrogens with one attached hydrogen (secondary N) is 1. The summed E-state index contributed by atoms with van der Waals surface area (Å²) in [5.41, 5.74) is 1.99. The molecular formula is C21H20F3N3O2. The summed E-state index contributed by atoms with van der Waals surface area (Å²) < 4.78 is 44.6. The zero-order valence-electron chi connectivity index (χ0n) is 15.9. The summed E-state index contributed by atoms with van der Waals surface area (Å²) >= 11 is 0. The molecule has 0 spiro atoms. The van der Waals surface area contributed by atoms with Crippen LogP contribution in [0.4, 0.5) is 13.2 Å². The molecule has 0 aliphatic heterocycles. The highest BCUT2D eigenvalue weighted by Crippen LogP contribution is 2.29. The summed E-state index contributed by atoms with van der Waals surface area (Å²) in [6, 6.07) is 11.6. The Balaban J connectivity index is 1.83. The third kappa shape index (κ3) is 4.59. The molecule has 29 heavy (non-hydrogen) atoms. The molecule has 1 heterocycles. The van der Waals surface area contributed by atoms with Gasteiger partial charge in [-0.2, -0.15) is 13.9 Å². The second kappa shape index (κ2) is 8.81. The van der Waals surface area contributed by atoms with Crippen molar-refractivity contribution in [3.8, 4) is 11.4 Å². The van der Waals surface area contributed by atoms with Gasteiger partial charge in [0.05, 0.1) is 29.2 Å². The third-order valence-corrected chi connectivity index (χ3v) is 4.55. The number of halogens is 3. The fourth-order valence-corrected chi connectivity index (χ4v) is 3.08. The van der Waals surface area contributed by atoms with Crippen LogP contribution in [0.5, 0.6) is 5.75 Å². The Morgan fingerprint density at radius 2 is 1.86 bits per heavy atom. The van der Waals surface area contributed by atoms with Crippen LogP contribution in [0, 0.1) is 12.7 Å². The Labute approximate surface area is 166 Å². The van der Waals surface area contributed by atoms with Gasteiger partial charge >= 0.3 is 6.61 Å². The number of rotatable bonds is 7. The van der Waals surface area contributed by atoms with E-state index < -0.39 is 18.6 Å². The van der Waals surface area contributed by atoms with Crippen molar-refractivity contribution >= 4 is 5.91 Å². The molecule has 0 fully saturated rings. The van der Waals surface area contributed by atoms with E-state index in [1.807, 2.05) is 6.92 Å². The molecule has 0 bridgehead atoms. The lowest BCUT2D eigenvalue weighted by atomic mass is 10.0. The number of hydrogen-bond donors (Lipinski definition) is 1. The van der Waals surface area contributed by atoms with Crippen molar-refractivity contribution in [2.24, 2.45) is 0 Å². The highest BCUT2D eigenvalue weighted by atomic mass is 19.3. The lowest BCUT2D eigenvalue weighted by Crippen LogP contribution is -2.29. The molecule has 0 aliphatic rings. The van der Waals surface area contributed by atoms with E-state index in [1.54, 1.807) is 37.3 Å². The standard InChI is InChI=1S/C21H20F3N3O2/c1-3-18(16-6-4-5-7-19(16)29-21(23)24)26-20(28)17-12-25-27(13(17)2)15-10-8-14(22)9-11-15/h4-12,18,21H,3H2,1-2H3,(H,26,28). The minimum atomic E-state index is -2.96. The summed E-state index contributed by atoms with van der Waals surface area (Å²) in [5, 5.41) is 7.06. The molecule has 3 rings (SSSR count). The molecule has 0 radical (unpaired) electrons. The van der Waals surface area contributed by atoms with E-state index in [0.29, 0.717) is 28.9 Å². The number of carbonyl (C=O) groups is 1. The SMILES string of the molecule is CCC(NC(=O)c1cnn(-c2ccc(F)cc2)c1C)c1ccccc1OC(F)F. The maximum absolute atomic E-state index is 13.1. The zero-order valence-corrected chi connectivity index (χ0v) is 15.9. The number of alkyl halides is 2. The third-order valence-electron chi connectivity index (χ3n) is 4.55. The smallest absolute Gasteiger partial charge is 0.387 e. The summed E-state index contributed by atoms with van der Waals surface area (Å²) in [4.78, 5) is 12.8. The van der Waals surface area contributed by atoms with Gasteiger partial charge in [-0.3, -0.25) is 4.79 Å². The molecular weight excluding hydrogens is 383 g/mol. The van der Waals surface area contributed by atoms with Gasteiger partial charge in [0.15, 0.2) is 0 Å². The topological polar surface area (TPSA) is 56.2 Å². The van der Waals surface area contributed by atoms with E-state index in [4.69, 9.17) is 0 Å². The molecule has 152 valence electrons. The van der Waals surface area contributed by atoms with Crippen LogP contribution in [0.3, 0.4) is 0 Å². The van der Waals surface area contributed by atoms with Crippen molar-refractivity contribution < 1.29 is 22.7 Å². The second-order valence-corrected chi connectivity index (χ2v) is 6.38. The summed E-state index contributed by atoms with van der Waals surface area (Å²) in [6.07, 6.45) is 1.89. The molecule has 1 amide bonds. The number of nitrogens with zero attached hydrogens (tertiary/aromatic N) is 2. The Morgan fingerprint density at radius 1 is 1.17 bits per heavy atom. The van der Waals surface area contributed by atoms with Crippen molar-refractivity contribution in [1.82, 2.24) is 15.1 Å². The summed E-state index contributed by atoms with van der Waals surface area (Å²) in [5.74, 6) is -0.741. The molecule has 1 unspecified atom stereocenters. The first-order valence-electron chi connectivity index (χ1n) is 9.05. The van der Waals surface area contributed by atoms with Crippen LogP contribution in [0.25, 0.3) is 5.69 Å². The van der Waals surface area contributed by atoms with Crippen LogP contribution >= 0.6 is 0 Å². The molecule has 0 aliphatic carbocycles. The highest BCUT2D eigenvalue weighted by Gasteiger charge is 2.22.